The molecule has 4 amide bonds. The van der Waals surface area contributed by atoms with Crippen LogP contribution in [0, 0.1) is 0 Å². The highest BCUT2D eigenvalue weighted by molar-refractivity contribution is 6.08. The molecule has 0 radical (unpaired) electrons. The normalized spacial score (nSPS) is 11.1. The van der Waals surface area contributed by atoms with E-state index in [9.17, 15) is 14.4 Å². The molecule has 2 aromatic carbocycles. The first-order chi connectivity index (χ1) is 16.7. The molecule has 7 heteroatoms. The third-order valence-electron chi connectivity index (χ3n) is 5.77. The quantitative estimate of drug-likeness (QED) is 0.281. The Labute approximate surface area is 209 Å². The lowest BCUT2D eigenvalue weighted by molar-refractivity contribution is -0.116. The Kier molecular flexibility index (Phi) is 11.4. The Hall–Kier alpha value is -3.19. The maximum atomic E-state index is 12.3. The van der Waals surface area contributed by atoms with Crippen LogP contribution in [0.1, 0.15) is 88.1 Å². The summed E-state index contributed by atoms with van der Waals surface area (Å²) in [4.78, 5) is 36.7. The van der Waals surface area contributed by atoms with E-state index >= 15 is 0 Å². The van der Waals surface area contributed by atoms with Crippen LogP contribution in [-0.4, -0.2) is 24.4 Å². The summed E-state index contributed by atoms with van der Waals surface area (Å²) in [5.74, 6) is -0.489. The zero-order valence-corrected chi connectivity index (χ0v) is 21.3. The SMILES string of the molecule is CC(C)(C)c1ccc(C(=O)NC(=O)Nc2ccc(NC(=O)CCCCCCCCCN)cc2)cc1. The number of anilines is 2. The molecule has 0 aliphatic carbocycles. The summed E-state index contributed by atoms with van der Waals surface area (Å²) in [5.41, 5.74) is 8.19. The summed E-state index contributed by atoms with van der Waals surface area (Å²) in [7, 11) is 0. The van der Waals surface area contributed by atoms with Gasteiger partial charge in [-0.2, -0.15) is 0 Å². The van der Waals surface area contributed by atoms with Gasteiger partial charge in [0.25, 0.3) is 5.91 Å². The summed E-state index contributed by atoms with van der Waals surface area (Å²) in [6.45, 7) is 7.05. The molecule has 0 fully saturated rings. The first-order valence-corrected chi connectivity index (χ1v) is 12.5. The summed E-state index contributed by atoms with van der Waals surface area (Å²) in [6.07, 6.45) is 8.23. The van der Waals surface area contributed by atoms with Crippen LogP contribution < -0.4 is 21.7 Å². The van der Waals surface area contributed by atoms with E-state index in [1.165, 1.54) is 19.3 Å². The van der Waals surface area contributed by atoms with Crippen LogP contribution in [0.4, 0.5) is 16.2 Å². The molecule has 0 spiro atoms. The van der Waals surface area contributed by atoms with Gasteiger partial charge in [0, 0.05) is 23.4 Å². The topological polar surface area (TPSA) is 113 Å². The smallest absolute Gasteiger partial charge is 0.326 e. The lowest BCUT2D eigenvalue weighted by Gasteiger charge is -2.19. The molecule has 0 atom stereocenters. The predicted molar refractivity (Wildman–Crippen MR) is 143 cm³/mol. The Bertz CT molecular complexity index is 948. The van der Waals surface area contributed by atoms with Gasteiger partial charge in [0.15, 0.2) is 0 Å². The van der Waals surface area contributed by atoms with Crippen molar-refractivity contribution in [3.63, 3.8) is 0 Å². The molecule has 0 aromatic heterocycles. The molecule has 0 aliphatic heterocycles. The first-order valence-electron chi connectivity index (χ1n) is 12.5. The monoisotopic (exact) mass is 480 g/mol. The largest absolute Gasteiger partial charge is 0.330 e. The van der Waals surface area contributed by atoms with E-state index in [1.54, 1.807) is 36.4 Å². The summed E-state index contributed by atoms with van der Waals surface area (Å²) in [6, 6.07) is 13.4. The zero-order chi connectivity index (χ0) is 25.7. The Balaban J connectivity index is 1.70. The van der Waals surface area contributed by atoms with E-state index < -0.39 is 11.9 Å². The van der Waals surface area contributed by atoms with E-state index in [0.29, 0.717) is 23.4 Å². The van der Waals surface area contributed by atoms with Crippen LogP contribution >= 0.6 is 0 Å². The molecule has 2 rings (SSSR count). The lowest BCUT2D eigenvalue weighted by atomic mass is 9.87. The van der Waals surface area contributed by atoms with E-state index in [0.717, 1.165) is 37.8 Å². The molecule has 0 aliphatic rings. The molecule has 2 aromatic rings. The zero-order valence-electron chi connectivity index (χ0n) is 21.3. The fourth-order valence-electron chi connectivity index (χ4n) is 3.63. The minimum Gasteiger partial charge on any atom is -0.330 e. The van der Waals surface area contributed by atoms with Crippen molar-refractivity contribution >= 4 is 29.2 Å². The Morgan fingerprint density at radius 1 is 0.714 bits per heavy atom. The van der Waals surface area contributed by atoms with Crippen molar-refractivity contribution in [2.45, 2.75) is 77.6 Å². The average Bonchev–Trinajstić information content (AvgIpc) is 2.81. The van der Waals surface area contributed by atoms with Gasteiger partial charge in [-0.3, -0.25) is 14.9 Å². The number of carbonyl (C=O) groups excluding carboxylic acids is 3. The summed E-state index contributed by atoms with van der Waals surface area (Å²) >= 11 is 0. The number of unbranched alkanes of at least 4 members (excludes halogenated alkanes) is 6. The number of imide groups is 1. The Morgan fingerprint density at radius 3 is 1.77 bits per heavy atom. The Morgan fingerprint density at radius 2 is 1.23 bits per heavy atom. The van der Waals surface area contributed by atoms with Gasteiger partial charge in [-0.25, -0.2) is 4.79 Å². The maximum absolute atomic E-state index is 12.3. The van der Waals surface area contributed by atoms with E-state index in [1.807, 2.05) is 12.1 Å². The number of amides is 4. The second-order valence-electron chi connectivity index (χ2n) is 9.87. The standard InChI is InChI=1S/C28H40N4O3/c1-28(2,3)22-14-12-21(13-15-22)26(34)32-27(35)31-24-18-16-23(17-19-24)30-25(33)11-9-7-5-4-6-8-10-20-29/h12-19H,4-11,20,29H2,1-3H3,(H,30,33)(H2,31,32,34,35). The van der Waals surface area contributed by atoms with Gasteiger partial charge in [-0.1, -0.05) is 65.0 Å². The minimum atomic E-state index is -0.616. The highest BCUT2D eigenvalue weighted by Gasteiger charge is 2.15. The van der Waals surface area contributed by atoms with Crippen molar-refractivity contribution in [2.75, 3.05) is 17.2 Å². The molecular formula is C28H40N4O3. The van der Waals surface area contributed by atoms with Crippen molar-refractivity contribution in [3.8, 4) is 0 Å². The minimum absolute atomic E-state index is 0.0116. The number of carbonyl (C=O) groups is 3. The van der Waals surface area contributed by atoms with Crippen molar-refractivity contribution in [3.05, 3.63) is 59.7 Å². The fourth-order valence-corrected chi connectivity index (χ4v) is 3.63. The van der Waals surface area contributed by atoms with Crippen LogP contribution in [0.2, 0.25) is 0 Å². The van der Waals surface area contributed by atoms with Crippen molar-refractivity contribution in [1.82, 2.24) is 5.32 Å². The van der Waals surface area contributed by atoms with Gasteiger partial charge in [0.1, 0.15) is 0 Å². The second-order valence-corrected chi connectivity index (χ2v) is 9.87. The number of rotatable bonds is 12. The molecule has 7 nitrogen and oxygen atoms in total. The van der Waals surface area contributed by atoms with Gasteiger partial charge in [-0.05, 0) is 66.8 Å². The van der Waals surface area contributed by atoms with E-state index in [2.05, 4.69) is 36.7 Å². The van der Waals surface area contributed by atoms with Crippen LogP contribution in [0.15, 0.2) is 48.5 Å². The number of nitrogens with one attached hydrogen (secondary N) is 3. The molecule has 5 N–H and O–H groups in total. The number of benzene rings is 2. The van der Waals surface area contributed by atoms with Crippen molar-refractivity contribution in [1.29, 1.82) is 0 Å². The molecule has 0 heterocycles. The first kappa shape index (κ1) is 28.1. The molecule has 0 bridgehead atoms. The highest BCUT2D eigenvalue weighted by atomic mass is 16.2. The van der Waals surface area contributed by atoms with Gasteiger partial charge < -0.3 is 16.4 Å². The van der Waals surface area contributed by atoms with Crippen LogP contribution in [0.25, 0.3) is 0 Å². The van der Waals surface area contributed by atoms with E-state index in [4.69, 9.17) is 5.73 Å². The predicted octanol–water partition coefficient (Wildman–Crippen LogP) is 5.96. The van der Waals surface area contributed by atoms with Crippen LogP contribution in [0.5, 0.6) is 0 Å². The number of urea groups is 1. The second kappa shape index (κ2) is 14.3. The highest BCUT2D eigenvalue weighted by Crippen LogP contribution is 2.22. The number of hydrogen-bond donors (Lipinski definition) is 4. The van der Waals surface area contributed by atoms with Gasteiger partial charge in [0.2, 0.25) is 5.91 Å². The average molecular weight is 481 g/mol. The van der Waals surface area contributed by atoms with Gasteiger partial charge in [0.05, 0.1) is 0 Å². The molecule has 0 saturated heterocycles. The maximum Gasteiger partial charge on any atom is 0.326 e. The summed E-state index contributed by atoms with van der Waals surface area (Å²) in [5, 5.41) is 7.84. The van der Waals surface area contributed by atoms with Crippen LogP contribution in [0.3, 0.4) is 0 Å². The third-order valence-corrected chi connectivity index (χ3v) is 5.77. The molecule has 0 saturated carbocycles. The fraction of sp³-hybridized carbons (Fsp3) is 0.464. The molecule has 35 heavy (non-hydrogen) atoms. The van der Waals surface area contributed by atoms with Gasteiger partial charge in [-0.15, -0.1) is 0 Å². The van der Waals surface area contributed by atoms with Gasteiger partial charge >= 0.3 is 6.03 Å². The van der Waals surface area contributed by atoms with Crippen LogP contribution in [-0.2, 0) is 10.2 Å². The number of hydrogen-bond acceptors (Lipinski definition) is 4. The molecule has 190 valence electrons. The lowest BCUT2D eigenvalue weighted by Crippen LogP contribution is -2.34. The number of nitrogens with two attached hydrogens (primary N) is 1. The molecular weight excluding hydrogens is 440 g/mol. The van der Waals surface area contributed by atoms with Crippen molar-refractivity contribution < 1.29 is 14.4 Å². The van der Waals surface area contributed by atoms with Crippen molar-refractivity contribution in [2.24, 2.45) is 5.73 Å². The van der Waals surface area contributed by atoms with E-state index in [-0.39, 0.29) is 11.3 Å². The third kappa shape index (κ3) is 10.7. The summed E-state index contributed by atoms with van der Waals surface area (Å²) < 4.78 is 0. The molecule has 0 unspecified atom stereocenters.